The van der Waals surface area contributed by atoms with E-state index in [9.17, 15) is 9.59 Å². The SMILES string of the molecule is Cc1ccc(CCC(=O)Oc2ccc(C(=O)Nc3ccccc3)cc2)cc1. The molecule has 0 radical (unpaired) electrons. The number of benzene rings is 3. The van der Waals surface area contributed by atoms with Crippen molar-refractivity contribution in [3.05, 3.63) is 95.6 Å². The molecule has 0 bridgehead atoms. The maximum Gasteiger partial charge on any atom is 0.311 e. The van der Waals surface area contributed by atoms with E-state index in [-0.39, 0.29) is 11.9 Å². The maximum absolute atomic E-state index is 12.2. The fraction of sp³-hybridized carbons (Fsp3) is 0.130. The summed E-state index contributed by atoms with van der Waals surface area (Å²) < 4.78 is 5.34. The Kier molecular flexibility index (Phi) is 6.00. The lowest BCUT2D eigenvalue weighted by molar-refractivity contribution is -0.134. The highest BCUT2D eigenvalue weighted by atomic mass is 16.5. The number of para-hydroxylation sites is 1. The molecule has 0 saturated carbocycles. The summed E-state index contributed by atoms with van der Waals surface area (Å²) in [5, 5.41) is 2.81. The van der Waals surface area contributed by atoms with Crippen LogP contribution in [0.15, 0.2) is 78.9 Å². The zero-order chi connectivity index (χ0) is 19.1. The van der Waals surface area contributed by atoms with Gasteiger partial charge in [0.05, 0.1) is 0 Å². The molecule has 0 aliphatic heterocycles. The second-order valence-electron chi connectivity index (χ2n) is 6.30. The van der Waals surface area contributed by atoms with Crippen molar-refractivity contribution in [2.75, 3.05) is 5.32 Å². The van der Waals surface area contributed by atoms with Crippen LogP contribution in [0.1, 0.15) is 27.9 Å². The van der Waals surface area contributed by atoms with Crippen LogP contribution in [0.3, 0.4) is 0 Å². The summed E-state index contributed by atoms with van der Waals surface area (Å²) in [7, 11) is 0. The Balaban J connectivity index is 1.51. The molecule has 0 aliphatic carbocycles. The van der Waals surface area contributed by atoms with Crippen molar-refractivity contribution >= 4 is 17.6 Å². The summed E-state index contributed by atoms with van der Waals surface area (Å²) in [6.45, 7) is 2.03. The van der Waals surface area contributed by atoms with Gasteiger partial charge in [-0.05, 0) is 55.3 Å². The monoisotopic (exact) mass is 359 g/mol. The van der Waals surface area contributed by atoms with Gasteiger partial charge < -0.3 is 10.1 Å². The molecule has 27 heavy (non-hydrogen) atoms. The van der Waals surface area contributed by atoms with Crippen LogP contribution < -0.4 is 10.1 Å². The summed E-state index contributed by atoms with van der Waals surface area (Å²) in [5.41, 5.74) is 3.52. The average Bonchev–Trinajstić information content (AvgIpc) is 2.69. The number of hydrogen-bond acceptors (Lipinski definition) is 3. The minimum Gasteiger partial charge on any atom is -0.427 e. The minimum absolute atomic E-state index is 0.210. The van der Waals surface area contributed by atoms with E-state index in [1.165, 1.54) is 5.56 Å². The number of anilines is 1. The molecule has 0 unspecified atom stereocenters. The van der Waals surface area contributed by atoms with E-state index < -0.39 is 0 Å². The number of nitrogens with one attached hydrogen (secondary N) is 1. The predicted molar refractivity (Wildman–Crippen MR) is 106 cm³/mol. The largest absolute Gasteiger partial charge is 0.427 e. The van der Waals surface area contributed by atoms with E-state index in [1.807, 2.05) is 61.5 Å². The van der Waals surface area contributed by atoms with Crippen molar-refractivity contribution in [3.8, 4) is 5.75 Å². The predicted octanol–water partition coefficient (Wildman–Crippen LogP) is 4.79. The molecule has 0 atom stereocenters. The van der Waals surface area contributed by atoms with Gasteiger partial charge in [0.1, 0.15) is 5.75 Å². The number of rotatable bonds is 6. The van der Waals surface area contributed by atoms with Crippen LogP contribution in [0.5, 0.6) is 5.75 Å². The van der Waals surface area contributed by atoms with Crippen molar-refractivity contribution in [1.29, 1.82) is 0 Å². The third kappa shape index (κ3) is 5.54. The Morgan fingerprint density at radius 2 is 1.52 bits per heavy atom. The first-order valence-corrected chi connectivity index (χ1v) is 8.83. The molecule has 0 spiro atoms. The van der Waals surface area contributed by atoms with Gasteiger partial charge >= 0.3 is 5.97 Å². The molecule has 0 heterocycles. The summed E-state index contributed by atoms with van der Waals surface area (Å²) in [6.07, 6.45) is 0.940. The fourth-order valence-corrected chi connectivity index (χ4v) is 2.58. The highest BCUT2D eigenvalue weighted by molar-refractivity contribution is 6.04. The van der Waals surface area contributed by atoms with Gasteiger partial charge in [-0.3, -0.25) is 9.59 Å². The summed E-state index contributed by atoms with van der Waals surface area (Å²) in [4.78, 5) is 24.2. The van der Waals surface area contributed by atoms with Gasteiger partial charge in [0, 0.05) is 17.7 Å². The van der Waals surface area contributed by atoms with Gasteiger partial charge in [-0.15, -0.1) is 0 Å². The van der Waals surface area contributed by atoms with E-state index in [0.717, 1.165) is 11.3 Å². The van der Waals surface area contributed by atoms with Crippen LogP contribution in [0.4, 0.5) is 5.69 Å². The van der Waals surface area contributed by atoms with Gasteiger partial charge in [-0.1, -0.05) is 48.0 Å². The Morgan fingerprint density at radius 3 is 2.19 bits per heavy atom. The van der Waals surface area contributed by atoms with E-state index in [1.54, 1.807) is 24.3 Å². The molecule has 0 aliphatic rings. The topological polar surface area (TPSA) is 55.4 Å². The van der Waals surface area contributed by atoms with Gasteiger partial charge in [0.15, 0.2) is 0 Å². The lowest BCUT2D eigenvalue weighted by Crippen LogP contribution is -2.12. The second-order valence-corrected chi connectivity index (χ2v) is 6.30. The highest BCUT2D eigenvalue weighted by Gasteiger charge is 2.09. The number of aryl methyl sites for hydroxylation is 2. The second kappa shape index (κ2) is 8.81. The van der Waals surface area contributed by atoms with Crippen LogP contribution in [-0.2, 0) is 11.2 Å². The minimum atomic E-state index is -0.294. The van der Waals surface area contributed by atoms with Crippen LogP contribution in [-0.4, -0.2) is 11.9 Å². The average molecular weight is 359 g/mol. The lowest BCUT2D eigenvalue weighted by Gasteiger charge is -2.07. The Hall–Kier alpha value is -3.40. The summed E-state index contributed by atoms with van der Waals surface area (Å²) in [5.74, 6) is -0.0734. The zero-order valence-corrected chi connectivity index (χ0v) is 15.1. The first kappa shape index (κ1) is 18.4. The van der Waals surface area contributed by atoms with Crippen molar-refractivity contribution in [3.63, 3.8) is 0 Å². The Labute approximate surface area is 158 Å². The summed E-state index contributed by atoms with van der Waals surface area (Å²) >= 11 is 0. The molecule has 4 nitrogen and oxygen atoms in total. The van der Waals surface area contributed by atoms with Crippen molar-refractivity contribution in [2.24, 2.45) is 0 Å². The fourth-order valence-electron chi connectivity index (χ4n) is 2.58. The molecule has 1 N–H and O–H groups in total. The number of hydrogen-bond donors (Lipinski definition) is 1. The number of esters is 1. The van der Waals surface area contributed by atoms with Gasteiger partial charge in [-0.2, -0.15) is 0 Å². The summed E-state index contributed by atoms with van der Waals surface area (Å²) in [6, 6.07) is 23.9. The Bertz CT molecular complexity index is 901. The van der Waals surface area contributed by atoms with Crippen molar-refractivity contribution in [1.82, 2.24) is 0 Å². The zero-order valence-electron chi connectivity index (χ0n) is 15.1. The third-order valence-corrected chi connectivity index (χ3v) is 4.12. The van der Waals surface area contributed by atoms with Crippen LogP contribution in [0.25, 0.3) is 0 Å². The quantitative estimate of drug-likeness (QED) is 0.509. The Morgan fingerprint density at radius 1 is 0.852 bits per heavy atom. The van der Waals surface area contributed by atoms with Crippen LogP contribution >= 0.6 is 0 Å². The standard InChI is InChI=1S/C23H21NO3/c1-17-7-9-18(10-8-17)11-16-22(25)27-21-14-12-19(13-15-21)23(26)24-20-5-3-2-4-6-20/h2-10,12-15H,11,16H2,1H3,(H,24,26). The van der Waals surface area contributed by atoms with Crippen molar-refractivity contribution in [2.45, 2.75) is 19.8 Å². The van der Waals surface area contributed by atoms with E-state index in [4.69, 9.17) is 4.74 Å². The van der Waals surface area contributed by atoms with Crippen LogP contribution in [0.2, 0.25) is 0 Å². The third-order valence-electron chi connectivity index (χ3n) is 4.12. The molecule has 3 aromatic carbocycles. The van der Waals surface area contributed by atoms with E-state index >= 15 is 0 Å². The molecule has 0 aromatic heterocycles. The lowest BCUT2D eigenvalue weighted by atomic mass is 10.1. The van der Waals surface area contributed by atoms with Gasteiger partial charge in [0.25, 0.3) is 5.91 Å². The molecule has 4 heteroatoms. The molecule has 0 saturated heterocycles. The molecular weight excluding hydrogens is 338 g/mol. The number of amides is 1. The highest BCUT2D eigenvalue weighted by Crippen LogP contribution is 2.15. The van der Waals surface area contributed by atoms with Crippen LogP contribution in [0, 0.1) is 6.92 Å². The maximum atomic E-state index is 12.2. The normalized spacial score (nSPS) is 10.3. The molecule has 0 fully saturated rings. The molecular formula is C23H21NO3. The molecule has 136 valence electrons. The number of carbonyl (C=O) groups is 2. The van der Waals surface area contributed by atoms with Gasteiger partial charge in [0.2, 0.25) is 0 Å². The molecule has 3 aromatic rings. The number of carbonyl (C=O) groups excluding carboxylic acids is 2. The smallest absolute Gasteiger partial charge is 0.311 e. The number of ether oxygens (including phenoxy) is 1. The van der Waals surface area contributed by atoms with Gasteiger partial charge in [-0.25, -0.2) is 0 Å². The first-order chi connectivity index (χ1) is 13.1. The molecule has 1 amide bonds. The van der Waals surface area contributed by atoms with Crippen molar-refractivity contribution < 1.29 is 14.3 Å². The van der Waals surface area contributed by atoms with E-state index in [0.29, 0.717) is 24.2 Å². The first-order valence-electron chi connectivity index (χ1n) is 8.83. The van der Waals surface area contributed by atoms with E-state index in [2.05, 4.69) is 5.32 Å². The molecule has 3 rings (SSSR count).